The van der Waals surface area contributed by atoms with Crippen molar-refractivity contribution in [1.82, 2.24) is 0 Å². The Kier molecular flexibility index (Phi) is 10.00. The number of halogens is 12. The Balaban J connectivity index is 0. The number of rotatable bonds is 10. The van der Waals surface area contributed by atoms with Gasteiger partial charge in [-0.25, -0.2) is 8.42 Å². The van der Waals surface area contributed by atoms with E-state index in [1.54, 1.807) is 0 Å². The molecule has 164 valence electrons. The van der Waals surface area contributed by atoms with Crippen molar-refractivity contribution in [2.24, 2.45) is 0 Å². The Hall–Kier alpha value is 0.706. The maximum absolute atomic E-state index is 13.3. The van der Waals surface area contributed by atoms with Crippen molar-refractivity contribution < 1.29 is 117 Å². The third-order valence-corrected chi connectivity index (χ3v) is 4.30. The second-order valence-corrected chi connectivity index (χ2v) is 6.85. The molecule has 0 radical (unpaired) electrons. The molecular weight excluding hydrogens is 479 g/mol. The maximum Gasteiger partial charge on any atom is 1.00 e. The molecule has 0 saturated carbocycles. The predicted octanol–water partition coefficient (Wildman–Crippen LogP) is 1.89. The fourth-order valence-electron chi connectivity index (χ4n) is 1.72. The van der Waals surface area contributed by atoms with Crippen LogP contribution in [0.15, 0.2) is 0 Å². The van der Waals surface area contributed by atoms with E-state index in [4.69, 9.17) is 0 Å². The minimum absolute atomic E-state index is 0. The molecule has 0 amide bonds. The van der Waals surface area contributed by atoms with Gasteiger partial charge in [-0.2, -0.15) is 52.7 Å². The van der Waals surface area contributed by atoms with Crippen LogP contribution >= 0.6 is 0 Å². The third kappa shape index (κ3) is 4.79. The molecule has 17 heteroatoms. The first-order valence-electron chi connectivity index (χ1n) is 6.78. The topological polar surface area (TPSA) is 57.2 Å². The molecule has 0 aromatic rings. The van der Waals surface area contributed by atoms with Gasteiger partial charge in [-0.3, -0.25) is 0 Å². The molecule has 0 N–H and O–H groups in total. The summed E-state index contributed by atoms with van der Waals surface area (Å²) >= 11 is 0. The Morgan fingerprint density at radius 1 is 0.679 bits per heavy atom. The first kappa shape index (κ1) is 30.9. The van der Waals surface area contributed by atoms with Crippen LogP contribution in [0.2, 0.25) is 0 Å². The van der Waals surface area contributed by atoms with Crippen LogP contribution in [0.3, 0.4) is 0 Å². The van der Waals surface area contributed by atoms with Gasteiger partial charge < -0.3 is 4.55 Å². The minimum atomic E-state index is -8.06. The summed E-state index contributed by atoms with van der Waals surface area (Å²) in [5.74, 6) is -37.2. The van der Waals surface area contributed by atoms with Crippen LogP contribution in [0, 0.1) is 0 Å². The SMILES string of the molecule is CCCCCC(F)(F)C(F)(F)C(F)(F)C(F)(F)C(F)(F)C(F)(F)S(=O)(=O)[O-].[K+]. The summed E-state index contributed by atoms with van der Waals surface area (Å²) in [5, 5.41) is -7.51. The normalized spacial score (nSPS) is 15.4. The fourth-order valence-corrected chi connectivity index (χ4v) is 2.16. The van der Waals surface area contributed by atoms with Gasteiger partial charge in [0.2, 0.25) is 0 Å². The van der Waals surface area contributed by atoms with E-state index in [9.17, 15) is 65.7 Å². The van der Waals surface area contributed by atoms with Crippen LogP contribution in [0.5, 0.6) is 0 Å². The molecule has 0 fully saturated rings. The van der Waals surface area contributed by atoms with Crippen LogP contribution < -0.4 is 51.4 Å². The molecule has 0 aromatic carbocycles. The van der Waals surface area contributed by atoms with E-state index in [1.165, 1.54) is 6.92 Å². The summed E-state index contributed by atoms with van der Waals surface area (Å²) in [7, 11) is -7.78. The van der Waals surface area contributed by atoms with Crippen LogP contribution in [0.1, 0.15) is 32.6 Å². The number of alkyl halides is 12. The summed E-state index contributed by atoms with van der Waals surface area (Å²) in [6.07, 6.45) is -3.35. The summed E-state index contributed by atoms with van der Waals surface area (Å²) in [4.78, 5) is 0. The third-order valence-electron chi connectivity index (χ3n) is 3.42. The van der Waals surface area contributed by atoms with E-state index in [0.717, 1.165) is 0 Å². The minimum Gasteiger partial charge on any atom is -0.743 e. The Bertz CT molecular complexity index is 635. The molecular formula is C11H11F12KO3S. The van der Waals surface area contributed by atoms with E-state index in [1.807, 2.05) is 0 Å². The average Bonchev–Trinajstić information content (AvgIpc) is 2.45. The van der Waals surface area contributed by atoms with E-state index in [2.05, 4.69) is 0 Å². The van der Waals surface area contributed by atoms with Crippen molar-refractivity contribution >= 4 is 10.1 Å². The molecule has 0 spiro atoms. The first-order chi connectivity index (χ1) is 11.6. The summed E-state index contributed by atoms with van der Waals surface area (Å²) in [6.45, 7) is 1.34. The summed E-state index contributed by atoms with van der Waals surface area (Å²) in [5.41, 5.74) is 0. The molecule has 0 unspecified atom stereocenters. The monoisotopic (exact) mass is 490 g/mol. The van der Waals surface area contributed by atoms with E-state index in [0.29, 0.717) is 0 Å². The smallest absolute Gasteiger partial charge is 0.743 e. The largest absolute Gasteiger partial charge is 1.00 e. The van der Waals surface area contributed by atoms with Gasteiger partial charge in [0, 0.05) is 6.42 Å². The second kappa shape index (κ2) is 9.06. The molecule has 3 nitrogen and oxygen atoms in total. The number of unbranched alkanes of at least 4 members (excludes halogenated alkanes) is 2. The number of hydrogen-bond donors (Lipinski definition) is 0. The number of hydrogen-bond acceptors (Lipinski definition) is 3. The van der Waals surface area contributed by atoms with Gasteiger partial charge in [0.15, 0.2) is 10.1 Å². The second-order valence-electron chi connectivity index (χ2n) is 5.43. The Morgan fingerprint density at radius 2 is 1.04 bits per heavy atom. The fraction of sp³-hybridized carbons (Fsp3) is 1.00. The molecule has 28 heavy (non-hydrogen) atoms. The Morgan fingerprint density at radius 3 is 1.36 bits per heavy atom. The van der Waals surface area contributed by atoms with Crippen molar-refractivity contribution in [3.05, 3.63) is 0 Å². The van der Waals surface area contributed by atoms with Crippen molar-refractivity contribution in [3.63, 3.8) is 0 Å². The van der Waals surface area contributed by atoms with Gasteiger partial charge in [-0.05, 0) is 6.42 Å². The van der Waals surface area contributed by atoms with Gasteiger partial charge in [-0.15, -0.1) is 0 Å². The molecule has 0 heterocycles. The average molecular weight is 490 g/mol. The van der Waals surface area contributed by atoms with Crippen molar-refractivity contribution in [2.75, 3.05) is 0 Å². The van der Waals surface area contributed by atoms with Crippen molar-refractivity contribution in [2.45, 2.75) is 67.5 Å². The predicted molar refractivity (Wildman–Crippen MR) is 63.5 cm³/mol. The van der Waals surface area contributed by atoms with Crippen LogP contribution in [-0.2, 0) is 10.1 Å². The molecule has 0 aromatic heterocycles. The summed E-state index contributed by atoms with van der Waals surface area (Å²) < 4.78 is 188. The zero-order chi connectivity index (χ0) is 22.3. The van der Waals surface area contributed by atoms with Crippen LogP contribution in [0.25, 0.3) is 0 Å². The van der Waals surface area contributed by atoms with Crippen molar-refractivity contribution in [1.29, 1.82) is 0 Å². The van der Waals surface area contributed by atoms with Crippen LogP contribution in [-0.4, -0.2) is 47.8 Å². The maximum atomic E-state index is 13.3. The first-order valence-corrected chi connectivity index (χ1v) is 8.19. The molecule has 0 aliphatic heterocycles. The van der Waals surface area contributed by atoms with Gasteiger partial charge in [0.1, 0.15) is 0 Å². The van der Waals surface area contributed by atoms with Crippen molar-refractivity contribution in [3.8, 4) is 0 Å². The molecule has 0 atom stereocenters. The van der Waals surface area contributed by atoms with Gasteiger partial charge in [0.05, 0.1) is 0 Å². The van der Waals surface area contributed by atoms with E-state index in [-0.39, 0.29) is 64.2 Å². The van der Waals surface area contributed by atoms with Crippen LogP contribution in [0.4, 0.5) is 52.7 Å². The van der Waals surface area contributed by atoms with Gasteiger partial charge >= 0.3 is 86.3 Å². The molecule has 0 aliphatic rings. The zero-order valence-corrected chi connectivity index (χ0v) is 17.9. The van der Waals surface area contributed by atoms with E-state index < -0.39 is 57.8 Å². The summed E-state index contributed by atoms with van der Waals surface area (Å²) in [6, 6.07) is 0. The Labute approximate surface area is 193 Å². The molecule has 0 saturated heterocycles. The molecule has 0 aliphatic carbocycles. The van der Waals surface area contributed by atoms with Gasteiger partial charge in [-0.1, -0.05) is 19.8 Å². The quantitative estimate of drug-likeness (QED) is 0.204. The van der Waals surface area contributed by atoms with E-state index >= 15 is 0 Å². The standard InChI is InChI=1S/C11H12F12O3S.K/c1-2-3-4-5-6(12,13)7(14,15)8(16,17)9(18,19)10(20,21)11(22,23)27(24,25)26;/h2-5H2,1H3,(H,24,25,26);/q;+1/p-1. The molecule has 0 rings (SSSR count). The zero-order valence-electron chi connectivity index (χ0n) is 14.0. The molecule has 0 bridgehead atoms. The van der Waals surface area contributed by atoms with Gasteiger partial charge in [0.25, 0.3) is 0 Å².